The minimum absolute atomic E-state index is 0.318. The molecule has 2 rings (SSSR count). The number of amides is 1. The second kappa shape index (κ2) is 5.32. The molecule has 0 aromatic heterocycles. The van der Waals surface area contributed by atoms with Gasteiger partial charge in [-0.2, -0.15) is 0 Å². The van der Waals surface area contributed by atoms with Gasteiger partial charge >= 0.3 is 0 Å². The van der Waals surface area contributed by atoms with Gasteiger partial charge in [0.1, 0.15) is 0 Å². The zero-order valence-corrected chi connectivity index (χ0v) is 10.4. The van der Waals surface area contributed by atoms with Crippen LogP contribution in [0.3, 0.4) is 0 Å². The first-order valence-corrected chi connectivity index (χ1v) is 6.34. The molecule has 1 unspecified atom stereocenters. The minimum atomic E-state index is -0.318. The SMILES string of the molecule is CCN1CCCC1Cc1ccccc1C(N)=O. The third kappa shape index (κ3) is 2.67. The molecule has 92 valence electrons. The molecule has 1 aliphatic heterocycles. The summed E-state index contributed by atoms with van der Waals surface area (Å²) in [5.74, 6) is -0.318. The molecule has 1 aromatic carbocycles. The summed E-state index contributed by atoms with van der Waals surface area (Å²) >= 11 is 0. The molecule has 0 spiro atoms. The number of carbonyl (C=O) groups is 1. The molecule has 1 heterocycles. The Hall–Kier alpha value is -1.35. The molecule has 1 fully saturated rings. The summed E-state index contributed by atoms with van der Waals surface area (Å²) in [5.41, 5.74) is 7.17. The van der Waals surface area contributed by atoms with Crippen molar-refractivity contribution in [3.8, 4) is 0 Å². The zero-order chi connectivity index (χ0) is 12.3. The highest BCUT2D eigenvalue weighted by molar-refractivity contribution is 5.94. The fourth-order valence-electron chi connectivity index (χ4n) is 2.74. The lowest BCUT2D eigenvalue weighted by atomic mass is 9.98. The third-order valence-corrected chi connectivity index (χ3v) is 3.64. The molecule has 17 heavy (non-hydrogen) atoms. The highest BCUT2D eigenvalue weighted by Gasteiger charge is 2.24. The molecular weight excluding hydrogens is 212 g/mol. The zero-order valence-electron chi connectivity index (χ0n) is 10.4. The van der Waals surface area contributed by atoms with Gasteiger partial charge in [-0.1, -0.05) is 25.1 Å². The van der Waals surface area contributed by atoms with Gasteiger partial charge in [0, 0.05) is 11.6 Å². The van der Waals surface area contributed by atoms with Crippen LogP contribution in [0, 0.1) is 0 Å². The van der Waals surface area contributed by atoms with Crippen LogP contribution < -0.4 is 5.73 Å². The number of likely N-dealkylation sites (N-methyl/N-ethyl adjacent to an activating group) is 1. The van der Waals surface area contributed by atoms with E-state index in [1.54, 1.807) is 0 Å². The van der Waals surface area contributed by atoms with E-state index in [1.165, 1.54) is 19.4 Å². The molecule has 3 heteroatoms. The van der Waals surface area contributed by atoms with Crippen molar-refractivity contribution in [2.24, 2.45) is 5.73 Å². The number of likely N-dealkylation sites (tertiary alicyclic amines) is 1. The number of hydrogen-bond donors (Lipinski definition) is 1. The molecule has 1 amide bonds. The van der Waals surface area contributed by atoms with Crippen LogP contribution >= 0.6 is 0 Å². The van der Waals surface area contributed by atoms with Gasteiger partial charge in [0.2, 0.25) is 5.91 Å². The lowest BCUT2D eigenvalue weighted by Gasteiger charge is -2.23. The number of rotatable bonds is 4. The van der Waals surface area contributed by atoms with Gasteiger partial charge in [0.15, 0.2) is 0 Å². The van der Waals surface area contributed by atoms with Gasteiger partial charge in [-0.05, 0) is 44.0 Å². The van der Waals surface area contributed by atoms with Crippen LogP contribution in [0.15, 0.2) is 24.3 Å². The van der Waals surface area contributed by atoms with Gasteiger partial charge in [0.05, 0.1) is 0 Å². The van der Waals surface area contributed by atoms with Crippen molar-refractivity contribution in [1.82, 2.24) is 4.90 Å². The summed E-state index contributed by atoms with van der Waals surface area (Å²) in [7, 11) is 0. The second-order valence-electron chi connectivity index (χ2n) is 4.65. The average Bonchev–Trinajstić information content (AvgIpc) is 2.77. The van der Waals surface area contributed by atoms with Crippen LogP contribution in [-0.2, 0) is 6.42 Å². The Morgan fingerprint density at radius 3 is 2.94 bits per heavy atom. The highest BCUT2D eigenvalue weighted by Crippen LogP contribution is 2.22. The van der Waals surface area contributed by atoms with Crippen molar-refractivity contribution in [2.45, 2.75) is 32.2 Å². The molecule has 1 aliphatic rings. The van der Waals surface area contributed by atoms with Crippen LogP contribution in [0.1, 0.15) is 35.7 Å². The van der Waals surface area contributed by atoms with Gasteiger partial charge < -0.3 is 10.6 Å². The van der Waals surface area contributed by atoms with E-state index in [4.69, 9.17) is 5.73 Å². The second-order valence-corrected chi connectivity index (χ2v) is 4.65. The van der Waals surface area contributed by atoms with Gasteiger partial charge in [-0.15, -0.1) is 0 Å². The third-order valence-electron chi connectivity index (χ3n) is 3.64. The van der Waals surface area contributed by atoms with Gasteiger partial charge in [0.25, 0.3) is 0 Å². The number of hydrogen-bond acceptors (Lipinski definition) is 2. The van der Waals surface area contributed by atoms with Crippen LogP contribution in [0.5, 0.6) is 0 Å². The molecule has 1 saturated heterocycles. The monoisotopic (exact) mass is 232 g/mol. The fourth-order valence-corrected chi connectivity index (χ4v) is 2.74. The summed E-state index contributed by atoms with van der Waals surface area (Å²) in [6, 6.07) is 8.26. The summed E-state index contributed by atoms with van der Waals surface area (Å²) in [4.78, 5) is 13.8. The van der Waals surface area contributed by atoms with Crippen molar-refractivity contribution in [3.63, 3.8) is 0 Å². The maximum Gasteiger partial charge on any atom is 0.248 e. The predicted octanol–water partition coefficient (Wildman–Crippen LogP) is 1.81. The summed E-state index contributed by atoms with van der Waals surface area (Å²) in [6.45, 7) is 4.46. The first kappa shape index (κ1) is 12.1. The highest BCUT2D eigenvalue weighted by atomic mass is 16.1. The molecule has 3 nitrogen and oxygen atoms in total. The number of carbonyl (C=O) groups excluding carboxylic acids is 1. The molecule has 1 atom stereocenters. The van der Waals surface area contributed by atoms with Crippen LogP contribution in [0.4, 0.5) is 0 Å². The number of nitrogens with two attached hydrogens (primary N) is 1. The standard InChI is InChI=1S/C14H20N2O/c1-2-16-9-5-7-12(16)10-11-6-3-4-8-13(11)14(15)17/h3-4,6,8,12H,2,5,7,9-10H2,1H3,(H2,15,17). The van der Waals surface area contributed by atoms with E-state index in [2.05, 4.69) is 11.8 Å². The van der Waals surface area contributed by atoms with Crippen molar-refractivity contribution in [3.05, 3.63) is 35.4 Å². The van der Waals surface area contributed by atoms with E-state index >= 15 is 0 Å². The Kier molecular flexibility index (Phi) is 3.79. The molecule has 0 saturated carbocycles. The molecule has 0 radical (unpaired) electrons. The van der Waals surface area contributed by atoms with Crippen LogP contribution in [0.2, 0.25) is 0 Å². The summed E-state index contributed by atoms with van der Waals surface area (Å²) in [5, 5.41) is 0. The minimum Gasteiger partial charge on any atom is -0.366 e. The first-order valence-electron chi connectivity index (χ1n) is 6.34. The normalized spacial score (nSPS) is 20.6. The Bertz CT molecular complexity index is 403. The number of primary amides is 1. The van der Waals surface area contributed by atoms with Crippen molar-refractivity contribution >= 4 is 5.91 Å². The lowest BCUT2D eigenvalue weighted by molar-refractivity contribution is 0.0999. The van der Waals surface area contributed by atoms with E-state index in [0.717, 1.165) is 18.5 Å². The molecule has 2 N–H and O–H groups in total. The van der Waals surface area contributed by atoms with Crippen molar-refractivity contribution in [2.75, 3.05) is 13.1 Å². The fraction of sp³-hybridized carbons (Fsp3) is 0.500. The average molecular weight is 232 g/mol. The largest absolute Gasteiger partial charge is 0.366 e. The quantitative estimate of drug-likeness (QED) is 0.860. The van der Waals surface area contributed by atoms with Crippen molar-refractivity contribution < 1.29 is 4.79 Å². The van der Waals surface area contributed by atoms with Crippen LogP contribution in [0.25, 0.3) is 0 Å². The molecular formula is C14H20N2O. The number of benzene rings is 1. The number of nitrogens with zero attached hydrogens (tertiary/aromatic N) is 1. The van der Waals surface area contributed by atoms with E-state index in [9.17, 15) is 4.79 Å². The van der Waals surface area contributed by atoms with Gasteiger partial charge in [-0.25, -0.2) is 0 Å². The predicted molar refractivity (Wildman–Crippen MR) is 68.9 cm³/mol. The Labute approximate surface area is 103 Å². The maximum atomic E-state index is 11.4. The van der Waals surface area contributed by atoms with E-state index in [1.807, 2.05) is 24.3 Å². The summed E-state index contributed by atoms with van der Waals surface area (Å²) in [6.07, 6.45) is 3.42. The Balaban J connectivity index is 2.15. The summed E-state index contributed by atoms with van der Waals surface area (Å²) < 4.78 is 0. The maximum absolute atomic E-state index is 11.4. The first-order chi connectivity index (χ1) is 8.22. The van der Waals surface area contributed by atoms with Crippen LogP contribution in [-0.4, -0.2) is 29.9 Å². The van der Waals surface area contributed by atoms with E-state index in [-0.39, 0.29) is 5.91 Å². The van der Waals surface area contributed by atoms with E-state index in [0.29, 0.717) is 11.6 Å². The van der Waals surface area contributed by atoms with E-state index < -0.39 is 0 Å². The molecule has 0 bridgehead atoms. The molecule has 1 aromatic rings. The Morgan fingerprint density at radius 1 is 1.47 bits per heavy atom. The lowest BCUT2D eigenvalue weighted by Crippen LogP contribution is -2.31. The van der Waals surface area contributed by atoms with Crippen molar-refractivity contribution in [1.29, 1.82) is 0 Å². The smallest absolute Gasteiger partial charge is 0.248 e. The Morgan fingerprint density at radius 2 is 2.24 bits per heavy atom. The van der Waals surface area contributed by atoms with Gasteiger partial charge in [-0.3, -0.25) is 4.79 Å². The molecule has 0 aliphatic carbocycles. The topological polar surface area (TPSA) is 46.3 Å².